The molecule has 3 N–H and O–H groups in total. The number of hydrogen-bond donors (Lipinski definition) is 3. The zero-order valence-electron chi connectivity index (χ0n) is 47.1. The highest BCUT2D eigenvalue weighted by Gasteiger charge is 2.24. The first kappa shape index (κ1) is 63.6. The topological polar surface area (TPSA) is 267 Å². The molecule has 0 amide bonds. The molecule has 0 bridgehead atoms. The molecular formula is C60H63N6O15P3. The summed E-state index contributed by atoms with van der Waals surface area (Å²) >= 11 is 0. The van der Waals surface area contributed by atoms with Gasteiger partial charge in [-0.25, -0.2) is 29.3 Å². The lowest BCUT2D eigenvalue weighted by molar-refractivity contribution is -0.143. The first-order chi connectivity index (χ1) is 40.0. The summed E-state index contributed by atoms with van der Waals surface area (Å²) in [7, 11) is -7.84. The summed E-state index contributed by atoms with van der Waals surface area (Å²) in [5.74, 6) is 18.4. The van der Waals surface area contributed by atoms with Crippen molar-refractivity contribution in [3.05, 3.63) is 160 Å². The quantitative estimate of drug-likeness (QED) is 0.0473. The first-order valence-electron chi connectivity index (χ1n) is 26.1. The third-order valence-electron chi connectivity index (χ3n) is 12.6. The number of esters is 3. The summed E-state index contributed by atoms with van der Waals surface area (Å²) in [4.78, 5) is 87.7. The van der Waals surface area contributed by atoms with Gasteiger partial charge in [0.2, 0.25) is 22.1 Å². The van der Waals surface area contributed by atoms with E-state index in [0.717, 1.165) is 0 Å². The van der Waals surface area contributed by atoms with Gasteiger partial charge in [-0.1, -0.05) is 35.5 Å². The zero-order valence-corrected chi connectivity index (χ0v) is 49.8. The lowest BCUT2D eigenvalue weighted by Gasteiger charge is -2.26. The van der Waals surface area contributed by atoms with Crippen molar-refractivity contribution in [2.75, 3.05) is 100 Å². The summed E-state index contributed by atoms with van der Waals surface area (Å²) in [5, 5.41) is 0. The number of aromatic nitrogens is 3. The Kier molecular flexibility index (Phi) is 22.4. The molecule has 84 heavy (non-hydrogen) atoms. The minimum Gasteiger partial charge on any atom is -0.482 e. The maximum atomic E-state index is 13.2. The molecule has 0 radical (unpaired) electrons. The Balaban J connectivity index is 1.19. The molecule has 438 valence electrons. The van der Waals surface area contributed by atoms with Crippen LogP contribution >= 0.6 is 22.1 Å². The Hall–Kier alpha value is -7.95. The summed E-state index contributed by atoms with van der Waals surface area (Å²) in [6.07, 6.45) is 0. The highest BCUT2D eigenvalue weighted by molar-refractivity contribution is 7.65. The number of pyridine rings is 3. The Morgan fingerprint density at radius 2 is 0.631 bits per heavy atom. The fraction of sp³-hybridized carbons (Fsp3) is 0.300. The van der Waals surface area contributed by atoms with Gasteiger partial charge in [0.1, 0.15) is 33.6 Å². The molecule has 21 nitrogen and oxygen atoms in total. The molecule has 6 aromatic rings. The fourth-order valence-corrected chi connectivity index (χ4v) is 10.2. The van der Waals surface area contributed by atoms with Crippen LogP contribution in [0.25, 0.3) is 0 Å². The van der Waals surface area contributed by atoms with Crippen LogP contribution in [0, 0.1) is 35.5 Å². The van der Waals surface area contributed by atoms with Crippen LogP contribution in [0.3, 0.4) is 0 Å². The normalized spacial score (nSPS) is 15.1. The predicted molar refractivity (Wildman–Crippen MR) is 314 cm³/mol. The lowest BCUT2D eigenvalue weighted by atomic mass is 10.1. The third kappa shape index (κ3) is 20.4. The van der Waals surface area contributed by atoms with Crippen molar-refractivity contribution in [3.8, 4) is 52.8 Å². The number of nitrogens with zero attached hydrogens (tertiary/aromatic N) is 6. The molecule has 3 aromatic carbocycles. The summed E-state index contributed by atoms with van der Waals surface area (Å²) in [6, 6.07) is 30.1. The molecular weight excluding hydrogens is 1140 g/mol. The first-order valence-corrected chi connectivity index (χ1v) is 32.4. The Bertz CT molecular complexity index is 3290. The summed E-state index contributed by atoms with van der Waals surface area (Å²) < 4.78 is 70.0. The molecule has 24 heteroatoms. The van der Waals surface area contributed by atoms with Gasteiger partial charge in [0.15, 0.2) is 19.8 Å². The van der Waals surface area contributed by atoms with Crippen LogP contribution in [0.2, 0.25) is 0 Å². The smallest absolute Gasteiger partial charge is 0.343 e. The van der Waals surface area contributed by atoms with E-state index in [0.29, 0.717) is 107 Å². The highest BCUT2D eigenvalue weighted by Crippen LogP contribution is 2.35. The third-order valence-corrected chi connectivity index (χ3v) is 15.8. The molecule has 1 saturated heterocycles. The molecule has 3 aromatic heterocycles. The second kappa shape index (κ2) is 29.5. The van der Waals surface area contributed by atoms with E-state index < -0.39 is 40.0 Å². The van der Waals surface area contributed by atoms with Gasteiger partial charge >= 0.3 is 17.9 Å². The van der Waals surface area contributed by atoms with Crippen molar-refractivity contribution < 1.29 is 71.2 Å². The van der Waals surface area contributed by atoms with Crippen molar-refractivity contribution in [2.24, 2.45) is 0 Å². The van der Waals surface area contributed by atoms with Gasteiger partial charge in [0.25, 0.3) is 0 Å². The average molecular weight is 1200 g/mol. The number of benzene rings is 3. The second-order valence-corrected chi connectivity index (χ2v) is 26.1. The molecule has 7 rings (SSSR count). The van der Waals surface area contributed by atoms with Crippen molar-refractivity contribution in [1.82, 2.24) is 29.7 Å². The molecule has 3 unspecified atom stereocenters. The van der Waals surface area contributed by atoms with Gasteiger partial charge in [-0.3, -0.25) is 28.4 Å². The van der Waals surface area contributed by atoms with Crippen LogP contribution in [0.1, 0.15) is 50.5 Å². The van der Waals surface area contributed by atoms with Crippen molar-refractivity contribution >= 4 is 56.3 Å². The van der Waals surface area contributed by atoms with Crippen molar-refractivity contribution in [2.45, 2.75) is 19.6 Å². The number of carbonyl (C=O) groups excluding carboxylic acids is 3. The van der Waals surface area contributed by atoms with E-state index in [1.165, 1.54) is 59.5 Å². The van der Waals surface area contributed by atoms with Crippen LogP contribution in [-0.2, 0) is 61.9 Å². The standard InChI is InChI=1S/C60H63N6O15P3/c1-76-58(67)40-79-52-19-13-43(14-20-52)7-10-46-31-49(61-55(34-46)82(4,70)71)37-64-25-27-65(38-50-32-47(35-56(62-50)83(5,72)73)11-8-44-15-21-53(22-16-44)80-41-59(68)77-2)29-30-66(28-26-64)39-51-33-48(36-57(63-51)84(6,74)75)12-9-45-17-23-54(24-18-45)81-42-60(69)78-3/h13-24,31-36H,25-30,37-42H2,1-6H3,(H,70,71)(H,72,73)(H,74,75). The number of carbonyl (C=O) groups is 3. The Morgan fingerprint density at radius 3 is 0.845 bits per heavy atom. The molecule has 1 fully saturated rings. The predicted octanol–water partition coefficient (Wildman–Crippen LogP) is 4.12. The zero-order chi connectivity index (χ0) is 60.4. The Labute approximate surface area is 487 Å². The fourth-order valence-electron chi connectivity index (χ4n) is 8.10. The SMILES string of the molecule is COC(=O)COc1ccc(C#Cc2cc(CN3CCN(Cc4cc(C#Cc5ccc(OCC(=O)OC)cc5)cc(P(C)(=O)O)n4)CCN(Cc4cc(C#Cc5ccc(OCC(=O)OC)cc5)cc(P(C)(=O)O)n4)CC3)nc(P(C)(=O)O)c2)cc1. The van der Waals surface area contributed by atoms with E-state index in [1.54, 1.807) is 91.0 Å². The molecule has 0 spiro atoms. The molecule has 0 saturated carbocycles. The number of methoxy groups -OCH3 is 3. The summed E-state index contributed by atoms with van der Waals surface area (Å²) in [5.41, 5.74) is 4.64. The summed E-state index contributed by atoms with van der Waals surface area (Å²) in [6.45, 7) is 6.44. The molecule has 3 atom stereocenters. The van der Waals surface area contributed by atoms with E-state index in [2.05, 4.69) is 79.4 Å². The van der Waals surface area contributed by atoms with E-state index in [4.69, 9.17) is 14.2 Å². The van der Waals surface area contributed by atoms with Gasteiger partial charge in [0.05, 0.1) is 38.4 Å². The lowest BCUT2D eigenvalue weighted by Crippen LogP contribution is -2.36. The average Bonchev–Trinajstić information content (AvgIpc) is 3.43. The highest BCUT2D eigenvalue weighted by atomic mass is 31.2. The molecule has 1 aliphatic rings. The Morgan fingerprint density at radius 1 is 0.405 bits per heavy atom. The van der Waals surface area contributed by atoms with E-state index in [-0.39, 0.29) is 55.8 Å². The van der Waals surface area contributed by atoms with E-state index in [9.17, 15) is 42.8 Å². The van der Waals surface area contributed by atoms with Crippen molar-refractivity contribution in [1.29, 1.82) is 0 Å². The van der Waals surface area contributed by atoms with E-state index >= 15 is 0 Å². The number of rotatable bonds is 18. The minimum atomic E-state index is -3.89. The number of ether oxygens (including phenoxy) is 6. The molecule has 0 aliphatic carbocycles. The largest absolute Gasteiger partial charge is 0.482 e. The van der Waals surface area contributed by atoms with Crippen LogP contribution in [0.5, 0.6) is 17.2 Å². The van der Waals surface area contributed by atoms with Crippen LogP contribution in [0.4, 0.5) is 0 Å². The van der Waals surface area contributed by atoms with Gasteiger partial charge in [-0.15, -0.1) is 0 Å². The maximum Gasteiger partial charge on any atom is 0.343 e. The number of hydrogen-bond acceptors (Lipinski definition) is 18. The molecule has 1 aliphatic heterocycles. The monoisotopic (exact) mass is 1200 g/mol. The van der Waals surface area contributed by atoms with Gasteiger partial charge in [-0.2, -0.15) is 0 Å². The maximum absolute atomic E-state index is 13.2. The van der Waals surface area contributed by atoms with E-state index in [1.807, 2.05) is 0 Å². The van der Waals surface area contributed by atoms with Crippen LogP contribution in [-0.4, -0.2) is 163 Å². The van der Waals surface area contributed by atoms with Crippen LogP contribution in [0.15, 0.2) is 109 Å². The van der Waals surface area contributed by atoms with Gasteiger partial charge in [-0.05, 0) is 109 Å². The van der Waals surface area contributed by atoms with Crippen molar-refractivity contribution in [3.63, 3.8) is 0 Å². The van der Waals surface area contributed by atoms with Crippen LogP contribution < -0.4 is 30.5 Å². The van der Waals surface area contributed by atoms with Gasteiger partial charge < -0.3 is 43.1 Å². The van der Waals surface area contributed by atoms with Gasteiger partial charge in [0, 0.05) is 112 Å². The second-order valence-electron chi connectivity index (χ2n) is 19.5. The minimum absolute atomic E-state index is 0.0179. The molecule has 4 heterocycles.